The minimum atomic E-state index is -0.420. The Morgan fingerprint density at radius 1 is 1.40 bits per heavy atom. The van der Waals surface area contributed by atoms with Crippen LogP contribution >= 0.6 is 23.2 Å². The van der Waals surface area contributed by atoms with Crippen molar-refractivity contribution in [3.63, 3.8) is 0 Å². The van der Waals surface area contributed by atoms with Crippen LogP contribution in [0.4, 0.5) is 11.4 Å². The molecule has 2 unspecified atom stereocenters. The number of anilines is 1. The topological polar surface area (TPSA) is 72.4 Å². The Bertz CT molecular complexity index is 525. The Balaban J connectivity index is 2.44. The van der Waals surface area contributed by atoms with Crippen molar-refractivity contribution in [2.45, 2.75) is 25.8 Å². The van der Waals surface area contributed by atoms with E-state index in [2.05, 4.69) is 6.92 Å². The molecule has 1 aliphatic heterocycles. The van der Waals surface area contributed by atoms with Crippen LogP contribution in [0.15, 0.2) is 12.1 Å². The van der Waals surface area contributed by atoms with Crippen molar-refractivity contribution in [2.75, 3.05) is 18.0 Å². The van der Waals surface area contributed by atoms with Crippen molar-refractivity contribution >= 4 is 34.6 Å². The van der Waals surface area contributed by atoms with Gasteiger partial charge >= 0.3 is 0 Å². The Labute approximate surface area is 127 Å². The van der Waals surface area contributed by atoms with Crippen molar-refractivity contribution in [2.24, 2.45) is 11.7 Å². The van der Waals surface area contributed by atoms with Crippen LogP contribution < -0.4 is 10.6 Å². The van der Waals surface area contributed by atoms with E-state index in [4.69, 9.17) is 28.9 Å². The van der Waals surface area contributed by atoms with Gasteiger partial charge in [-0.05, 0) is 38.3 Å². The zero-order chi connectivity index (χ0) is 14.9. The lowest BCUT2D eigenvalue weighted by Gasteiger charge is -2.39. The summed E-state index contributed by atoms with van der Waals surface area (Å²) in [5.41, 5.74) is 6.25. The van der Waals surface area contributed by atoms with Crippen molar-refractivity contribution in [1.29, 1.82) is 0 Å². The third-order valence-electron chi connectivity index (χ3n) is 3.84. The molecule has 2 rings (SSSR count). The van der Waals surface area contributed by atoms with Gasteiger partial charge in [-0.2, -0.15) is 0 Å². The fraction of sp³-hybridized carbons (Fsp3) is 0.538. The first-order valence-corrected chi connectivity index (χ1v) is 7.29. The monoisotopic (exact) mass is 317 g/mol. The molecule has 0 aliphatic carbocycles. The molecule has 1 aliphatic rings. The third kappa shape index (κ3) is 3.00. The zero-order valence-electron chi connectivity index (χ0n) is 11.2. The number of nitro groups is 1. The van der Waals surface area contributed by atoms with E-state index in [9.17, 15) is 10.1 Å². The fourth-order valence-corrected chi connectivity index (χ4v) is 2.93. The molecule has 20 heavy (non-hydrogen) atoms. The van der Waals surface area contributed by atoms with Gasteiger partial charge in [0.25, 0.3) is 5.69 Å². The van der Waals surface area contributed by atoms with E-state index < -0.39 is 4.92 Å². The molecule has 110 valence electrons. The number of hydrogen-bond acceptors (Lipinski definition) is 4. The van der Waals surface area contributed by atoms with E-state index in [-0.39, 0.29) is 16.8 Å². The van der Waals surface area contributed by atoms with E-state index >= 15 is 0 Å². The summed E-state index contributed by atoms with van der Waals surface area (Å²) in [6.45, 7) is 3.34. The number of halogens is 2. The van der Waals surface area contributed by atoms with Gasteiger partial charge in [-0.3, -0.25) is 10.1 Å². The Morgan fingerprint density at radius 3 is 2.65 bits per heavy atom. The van der Waals surface area contributed by atoms with Gasteiger partial charge < -0.3 is 10.6 Å². The van der Waals surface area contributed by atoms with Crippen LogP contribution in [0.5, 0.6) is 0 Å². The molecule has 0 aromatic heterocycles. The summed E-state index contributed by atoms with van der Waals surface area (Å²) in [5, 5.41) is 11.8. The number of nitro benzene ring substituents is 1. The molecule has 2 N–H and O–H groups in total. The molecule has 0 saturated carbocycles. The normalized spacial score (nSPS) is 22.9. The molecule has 5 nitrogen and oxygen atoms in total. The van der Waals surface area contributed by atoms with Crippen LogP contribution in [-0.2, 0) is 0 Å². The van der Waals surface area contributed by atoms with Crippen LogP contribution in [0.1, 0.15) is 19.8 Å². The molecular weight excluding hydrogens is 301 g/mol. The highest BCUT2D eigenvalue weighted by Gasteiger charge is 2.30. The smallest absolute Gasteiger partial charge is 0.294 e. The summed E-state index contributed by atoms with van der Waals surface area (Å²) in [5.74, 6) is 0.347. The lowest BCUT2D eigenvalue weighted by Crippen LogP contribution is -2.44. The molecule has 1 aromatic carbocycles. The fourth-order valence-electron chi connectivity index (χ4n) is 2.61. The molecule has 0 radical (unpaired) electrons. The maximum absolute atomic E-state index is 11.2. The van der Waals surface area contributed by atoms with Crippen molar-refractivity contribution in [3.8, 4) is 0 Å². The van der Waals surface area contributed by atoms with Gasteiger partial charge in [-0.1, -0.05) is 23.2 Å². The third-order valence-corrected chi connectivity index (χ3v) is 4.56. The number of benzene rings is 1. The average Bonchev–Trinajstić information content (AvgIpc) is 2.42. The van der Waals surface area contributed by atoms with Crippen molar-refractivity contribution < 1.29 is 4.92 Å². The number of hydrogen-bond donors (Lipinski definition) is 1. The second kappa shape index (κ2) is 6.16. The van der Waals surface area contributed by atoms with Crippen LogP contribution in [0.3, 0.4) is 0 Å². The number of piperidine rings is 1. The van der Waals surface area contributed by atoms with Crippen LogP contribution in [0.25, 0.3) is 0 Å². The average molecular weight is 318 g/mol. The van der Waals surface area contributed by atoms with Crippen molar-refractivity contribution in [3.05, 3.63) is 32.3 Å². The van der Waals surface area contributed by atoms with Gasteiger partial charge in [0, 0.05) is 18.7 Å². The molecule has 7 heteroatoms. The highest BCUT2D eigenvalue weighted by Crippen LogP contribution is 2.39. The minimum absolute atomic E-state index is 0.0103. The van der Waals surface area contributed by atoms with E-state index in [1.807, 2.05) is 4.90 Å². The second-order valence-corrected chi connectivity index (χ2v) is 6.01. The molecule has 1 heterocycles. The molecule has 0 spiro atoms. The van der Waals surface area contributed by atoms with E-state index in [0.29, 0.717) is 29.7 Å². The maximum Gasteiger partial charge on any atom is 0.294 e. The lowest BCUT2D eigenvalue weighted by molar-refractivity contribution is -0.384. The van der Waals surface area contributed by atoms with Gasteiger partial charge in [0.2, 0.25) is 0 Å². The first-order chi connectivity index (χ1) is 9.43. The summed E-state index contributed by atoms with van der Waals surface area (Å²) < 4.78 is 0. The summed E-state index contributed by atoms with van der Waals surface area (Å²) >= 11 is 11.9. The molecule has 0 amide bonds. The van der Waals surface area contributed by atoms with Crippen LogP contribution in [0.2, 0.25) is 10.0 Å². The van der Waals surface area contributed by atoms with Gasteiger partial charge in [0.1, 0.15) is 5.69 Å². The van der Waals surface area contributed by atoms with Gasteiger partial charge in [-0.25, -0.2) is 0 Å². The predicted molar refractivity (Wildman–Crippen MR) is 81.7 cm³/mol. The Hall–Kier alpha value is -1.04. The summed E-state index contributed by atoms with van der Waals surface area (Å²) in [7, 11) is 0. The van der Waals surface area contributed by atoms with Crippen LogP contribution in [0, 0.1) is 16.0 Å². The molecule has 0 bridgehead atoms. The van der Waals surface area contributed by atoms with E-state index in [1.54, 1.807) is 6.07 Å². The number of nitrogens with zero attached hydrogens (tertiary/aromatic N) is 2. The zero-order valence-corrected chi connectivity index (χ0v) is 12.7. The highest BCUT2D eigenvalue weighted by molar-refractivity contribution is 6.42. The second-order valence-electron chi connectivity index (χ2n) is 5.19. The maximum atomic E-state index is 11.2. The molecule has 1 fully saturated rings. The lowest BCUT2D eigenvalue weighted by atomic mass is 9.93. The van der Waals surface area contributed by atoms with E-state index in [0.717, 1.165) is 12.8 Å². The largest absolute Gasteiger partial charge is 0.363 e. The first kappa shape index (κ1) is 15.4. The summed E-state index contributed by atoms with van der Waals surface area (Å²) in [6.07, 6.45) is 2.00. The first-order valence-electron chi connectivity index (χ1n) is 6.54. The Morgan fingerprint density at radius 2 is 2.05 bits per heavy atom. The quantitative estimate of drug-likeness (QED) is 0.684. The highest BCUT2D eigenvalue weighted by atomic mass is 35.5. The summed E-state index contributed by atoms with van der Waals surface area (Å²) in [6, 6.07) is 3.11. The SMILES string of the molecule is CC1CCC(CN)CN1c1cc(Cl)c(Cl)cc1[N+](=O)[O-]. The Kier molecular flexibility index (Phi) is 4.73. The van der Waals surface area contributed by atoms with Gasteiger partial charge in [-0.15, -0.1) is 0 Å². The predicted octanol–water partition coefficient (Wildman–Crippen LogP) is 3.47. The van der Waals surface area contributed by atoms with Gasteiger partial charge in [0.05, 0.1) is 15.0 Å². The molecule has 2 atom stereocenters. The standard InChI is InChI=1S/C13H17Cl2N3O2/c1-8-2-3-9(6-16)7-17(8)12-4-10(14)11(15)5-13(12)18(19)20/h4-5,8-9H,2-3,6-7,16H2,1H3. The minimum Gasteiger partial charge on any atom is -0.363 e. The molecule has 1 aromatic rings. The van der Waals surface area contributed by atoms with E-state index in [1.165, 1.54) is 6.07 Å². The summed E-state index contributed by atoms with van der Waals surface area (Å²) in [4.78, 5) is 12.8. The molecule has 1 saturated heterocycles. The van der Waals surface area contributed by atoms with Crippen molar-refractivity contribution in [1.82, 2.24) is 0 Å². The number of rotatable bonds is 3. The number of nitrogens with two attached hydrogens (primary N) is 1. The van der Waals surface area contributed by atoms with Crippen LogP contribution in [-0.4, -0.2) is 24.1 Å². The van der Waals surface area contributed by atoms with Gasteiger partial charge in [0.15, 0.2) is 0 Å². The molecular formula is C13H17Cl2N3O2.